The van der Waals surface area contributed by atoms with Gasteiger partial charge in [0.25, 0.3) is 0 Å². The molecule has 0 radical (unpaired) electrons. The third kappa shape index (κ3) is 3.23. The number of aliphatic hydroxyl groups excluding tert-OH is 1. The molecule has 98 valence electrons. The zero-order chi connectivity index (χ0) is 13.9. The Morgan fingerprint density at radius 2 is 1.58 bits per heavy atom. The van der Waals surface area contributed by atoms with Crippen molar-refractivity contribution in [1.82, 2.24) is 0 Å². The molecule has 0 amide bonds. The van der Waals surface area contributed by atoms with Crippen molar-refractivity contribution >= 4 is 15.6 Å². The van der Waals surface area contributed by atoms with Gasteiger partial charge in [0, 0.05) is 5.56 Å². The van der Waals surface area contributed by atoms with Crippen LogP contribution in [0.2, 0.25) is 0 Å². The first-order valence-electron chi connectivity index (χ1n) is 5.77. The first kappa shape index (κ1) is 13.4. The van der Waals surface area contributed by atoms with Crippen LogP contribution in [0.4, 0.5) is 0 Å². The zero-order valence-electron chi connectivity index (χ0n) is 10.4. The summed E-state index contributed by atoms with van der Waals surface area (Å²) < 4.78 is 24.2. The number of benzene rings is 2. The van der Waals surface area contributed by atoms with Gasteiger partial charge >= 0.3 is 0 Å². The van der Waals surface area contributed by atoms with E-state index in [4.69, 9.17) is 0 Å². The third-order valence-corrected chi connectivity index (χ3v) is 4.15. The fourth-order valence-corrected chi connectivity index (χ4v) is 2.70. The number of hydrogen-bond acceptors (Lipinski definition) is 3. The van der Waals surface area contributed by atoms with E-state index in [1.165, 1.54) is 12.1 Å². The van der Waals surface area contributed by atoms with Crippen LogP contribution in [0.3, 0.4) is 0 Å². The van der Waals surface area contributed by atoms with E-state index in [-0.39, 0.29) is 10.7 Å². The first-order chi connectivity index (χ1) is 8.99. The maximum absolute atomic E-state index is 12.1. The van der Waals surface area contributed by atoms with Gasteiger partial charge in [-0.2, -0.15) is 0 Å². The molecule has 2 aromatic rings. The number of aryl methyl sites for hydroxylation is 1. The van der Waals surface area contributed by atoms with Crippen LogP contribution in [0.25, 0.3) is 5.76 Å². The Morgan fingerprint density at radius 1 is 1.00 bits per heavy atom. The van der Waals surface area contributed by atoms with E-state index < -0.39 is 9.84 Å². The highest BCUT2D eigenvalue weighted by molar-refractivity contribution is 7.94. The summed E-state index contributed by atoms with van der Waals surface area (Å²) in [4.78, 5) is 0.167. The van der Waals surface area contributed by atoms with Crippen LogP contribution in [0.5, 0.6) is 0 Å². The number of aliphatic hydroxyl groups is 1. The molecule has 0 aliphatic heterocycles. The molecule has 19 heavy (non-hydrogen) atoms. The van der Waals surface area contributed by atoms with E-state index in [0.717, 1.165) is 11.0 Å². The molecule has 0 spiro atoms. The van der Waals surface area contributed by atoms with Gasteiger partial charge < -0.3 is 5.11 Å². The molecular formula is C15H14O3S. The molecule has 2 rings (SSSR count). The van der Waals surface area contributed by atoms with E-state index in [1.54, 1.807) is 42.5 Å². The molecule has 4 heteroatoms. The summed E-state index contributed by atoms with van der Waals surface area (Å²) in [5, 5.41) is 10.7. The fourth-order valence-electron chi connectivity index (χ4n) is 1.62. The van der Waals surface area contributed by atoms with Crippen molar-refractivity contribution in [3.05, 3.63) is 71.1 Å². The summed E-state index contributed by atoms with van der Waals surface area (Å²) >= 11 is 0. The summed E-state index contributed by atoms with van der Waals surface area (Å²) in [7, 11) is -3.64. The van der Waals surface area contributed by atoms with Crippen LogP contribution in [0.15, 0.2) is 64.9 Å². The van der Waals surface area contributed by atoms with Gasteiger partial charge in [-0.1, -0.05) is 48.0 Å². The minimum atomic E-state index is -3.64. The fraction of sp³-hybridized carbons (Fsp3) is 0.0667. The standard InChI is InChI=1S/C15H14O3S/c1-12-7-9-14(10-8-12)19(17,18)11-15(16)13-5-3-2-4-6-13/h2-11,16H,1H3/b15-11-. The Morgan fingerprint density at radius 3 is 2.16 bits per heavy atom. The topological polar surface area (TPSA) is 54.4 Å². The van der Waals surface area contributed by atoms with E-state index in [9.17, 15) is 13.5 Å². The van der Waals surface area contributed by atoms with E-state index in [1.807, 2.05) is 6.92 Å². The Hall–Kier alpha value is -2.07. The predicted octanol–water partition coefficient (Wildman–Crippen LogP) is 3.33. The van der Waals surface area contributed by atoms with Gasteiger partial charge in [-0.05, 0) is 19.1 Å². The highest BCUT2D eigenvalue weighted by atomic mass is 32.2. The Labute approximate surface area is 112 Å². The van der Waals surface area contributed by atoms with Crippen LogP contribution >= 0.6 is 0 Å². The lowest BCUT2D eigenvalue weighted by Gasteiger charge is -2.02. The molecule has 0 unspecified atom stereocenters. The molecule has 0 aliphatic rings. The van der Waals surface area contributed by atoms with Crippen molar-refractivity contribution < 1.29 is 13.5 Å². The normalized spacial score (nSPS) is 12.4. The van der Waals surface area contributed by atoms with Gasteiger partial charge in [0.05, 0.1) is 10.3 Å². The quantitative estimate of drug-likeness (QED) is 0.873. The van der Waals surface area contributed by atoms with Crippen molar-refractivity contribution in [2.45, 2.75) is 11.8 Å². The number of rotatable bonds is 3. The lowest BCUT2D eigenvalue weighted by molar-refractivity contribution is 0.512. The average Bonchev–Trinajstić information content (AvgIpc) is 2.40. The largest absolute Gasteiger partial charge is 0.507 e. The molecule has 0 bridgehead atoms. The van der Waals surface area contributed by atoms with Gasteiger partial charge in [-0.25, -0.2) is 8.42 Å². The minimum Gasteiger partial charge on any atom is -0.507 e. The SMILES string of the molecule is Cc1ccc(S(=O)(=O)/C=C(\O)c2ccccc2)cc1. The van der Waals surface area contributed by atoms with Gasteiger partial charge in [0.15, 0.2) is 0 Å². The molecule has 0 saturated heterocycles. The molecule has 0 heterocycles. The summed E-state index contributed by atoms with van der Waals surface area (Å²) in [6.07, 6.45) is 0. The molecule has 2 aromatic carbocycles. The highest BCUT2D eigenvalue weighted by Gasteiger charge is 2.13. The summed E-state index contributed by atoms with van der Waals surface area (Å²) in [6, 6.07) is 15.1. The zero-order valence-corrected chi connectivity index (χ0v) is 11.3. The Kier molecular flexibility index (Phi) is 3.71. The summed E-state index contributed by atoms with van der Waals surface area (Å²) in [5.74, 6) is -0.263. The maximum Gasteiger partial charge on any atom is 0.203 e. The van der Waals surface area contributed by atoms with Crippen LogP contribution in [0, 0.1) is 6.92 Å². The molecular weight excluding hydrogens is 260 g/mol. The van der Waals surface area contributed by atoms with Crippen LogP contribution < -0.4 is 0 Å². The first-order valence-corrected chi connectivity index (χ1v) is 7.31. The highest BCUT2D eigenvalue weighted by Crippen LogP contribution is 2.18. The van der Waals surface area contributed by atoms with Gasteiger partial charge in [0.2, 0.25) is 9.84 Å². The van der Waals surface area contributed by atoms with Crippen LogP contribution in [0.1, 0.15) is 11.1 Å². The second-order valence-electron chi connectivity index (χ2n) is 4.23. The van der Waals surface area contributed by atoms with E-state index >= 15 is 0 Å². The average molecular weight is 274 g/mol. The lowest BCUT2D eigenvalue weighted by Crippen LogP contribution is -1.98. The number of hydrogen-bond donors (Lipinski definition) is 1. The van der Waals surface area contributed by atoms with Gasteiger partial charge in [0.1, 0.15) is 5.76 Å². The van der Waals surface area contributed by atoms with Gasteiger partial charge in [-0.15, -0.1) is 0 Å². The van der Waals surface area contributed by atoms with Crippen molar-refractivity contribution in [2.24, 2.45) is 0 Å². The van der Waals surface area contributed by atoms with Crippen molar-refractivity contribution in [2.75, 3.05) is 0 Å². The van der Waals surface area contributed by atoms with Crippen molar-refractivity contribution in [3.8, 4) is 0 Å². The minimum absolute atomic E-state index is 0.167. The van der Waals surface area contributed by atoms with Crippen LogP contribution in [-0.2, 0) is 9.84 Å². The molecule has 0 atom stereocenters. The molecule has 3 nitrogen and oxygen atoms in total. The Bertz CT molecular complexity index is 684. The van der Waals surface area contributed by atoms with Crippen molar-refractivity contribution in [1.29, 1.82) is 0 Å². The number of sulfone groups is 1. The summed E-state index contributed by atoms with van der Waals surface area (Å²) in [6.45, 7) is 1.88. The lowest BCUT2D eigenvalue weighted by atomic mass is 10.2. The van der Waals surface area contributed by atoms with Gasteiger partial charge in [-0.3, -0.25) is 0 Å². The second kappa shape index (κ2) is 5.28. The monoisotopic (exact) mass is 274 g/mol. The smallest absolute Gasteiger partial charge is 0.203 e. The molecule has 0 saturated carbocycles. The molecule has 0 aromatic heterocycles. The molecule has 0 fully saturated rings. The van der Waals surface area contributed by atoms with E-state index in [2.05, 4.69) is 0 Å². The van der Waals surface area contributed by atoms with Crippen molar-refractivity contribution in [3.63, 3.8) is 0 Å². The Balaban J connectivity index is 2.39. The summed E-state index contributed by atoms with van der Waals surface area (Å²) in [5.41, 5.74) is 1.45. The third-order valence-electron chi connectivity index (χ3n) is 2.69. The van der Waals surface area contributed by atoms with Crippen LogP contribution in [-0.4, -0.2) is 13.5 Å². The molecule has 0 aliphatic carbocycles. The van der Waals surface area contributed by atoms with E-state index in [0.29, 0.717) is 5.56 Å². The maximum atomic E-state index is 12.1. The second-order valence-corrected chi connectivity index (χ2v) is 6.02. The predicted molar refractivity (Wildman–Crippen MR) is 75.4 cm³/mol. The molecule has 1 N–H and O–H groups in total.